The van der Waals surface area contributed by atoms with E-state index in [1.54, 1.807) is 38.5 Å². The van der Waals surface area contributed by atoms with Gasteiger partial charge in [-0.15, -0.1) is 0 Å². The molecule has 5 heteroatoms. The zero-order valence-corrected chi connectivity index (χ0v) is 12.2. The lowest BCUT2D eigenvalue weighted by Gasteiger charge is -2.16. The Morgan fingerprint density at radius 3 is 1.90 bits per heavy atom. The number of benzene rings is 2. The van der Waals surface area contributed by atoms with Gasteiger partial charge in [-0.1, -0.05) is 12.1 Å². The maximum absolute atomic E-state index is 13.5. The van der Waals surface area contributed by atoms with Gasteiger partial charge in [0, 0.05) is 0 Å². The van der Waals surface area contributed by atoms with Crippen LogP contribution in [0.4, 0.5) is 4.39 Å². The summed E-state index contributed by atoms with van der Waals surface area (Å²) in [5.74, 6) is 0.980. The third-order valence-electron chi connectivity index (χ3n) is 3.30. The average molecular weight is 291 g/mol. The molecule has 0 fully saturated rings. The highest BCUT2D eigenvalue weighted by Gasteiger charge is 2.14. The summed E-state index contributed by atoms with van der Waals surface area (Å²) < 4.78 is 28.9. The molecule has 0 aromatic heterocycles. The number of hydrogen-bond donors (Lipinski definition) is 1. The molecule has 2 rings (SSSR count). The van der Waals surface area contributed by atoms with Crippen molar-refractivity contribution >= 4 is 0 Å². The second-order valence-corrected chi connectivity index (χ2v) is 4.49. The molecule has 0 heterocycles. The molecule has 0 saturated carbocycles. The molecule has 2 N–H and O–H groups in total. The minimum Gasteiger partial charge on any atom is -0.494 e. The SMILES string of the molecule is COc1cc(C(N)c2ccc(OC)c(OC)c2)ccc1F. The first kappa shape index (κ1) is 15.1. The largest absolute Gasteiger partial charge is 0.494 e. The molecule has 4 nitrogen and oxygen atoms in total. The van der Waals surface area contributed by atoms with Crippen LogP contribution in [0.15, 0.2) is 36.4 Å². The van der Waals surface area contributed by atoms with Crippen molar-refractivity contribution in [2.75, 3.05) is 21.3 Å². The van der Waals surface area contributed by atoms with Crippen LogP contribution >= 0.6 is 0 Å². The van der Waals surface area contributed by atoms with Crippen LogP contribution in [0.25, 0.3) is 0 Å². The van der Waals surface area contributed by atoms with Crippen molar-refractivity contribution < 1.29 is 18.6 Å². The van der Waals surface area contributed by atoms with Crippen LogP contribution in [-0.2, 0) is 0 Å². The van der Waals surface area contributed by atoms with E-state index >= 15 is 0 Å². The molecule has 21 heavy (non-hydrogen) atoms. The molecule has 2 aromatic carbocycles. The maximum Gasteiger partial charge on any atom is 0.165 e. The molecule has 1 unspecified atom stereocenters. The molecule has 112 valence electrons. The van der Waals surface area contributed by atoms with Gasteiger partial charge in [0.2, 0.25) is 0 Å². The topological polar surface area (TPSA) is 53.7 Å². The molecular weight excluding hydrogens is 273 g/mol. The second-order valence-electron chi connectivity index (χ2n) is 4.49. The average Bonchev–Trinajstić information content (AvgIpc) is 2.53. The summed E-state index contributed by atoms with van der Waals surface area (Å²) in [6, 6.07) is 9.60. The van der Waals surface area contributed by atoms with Crippen molar-refractivity contribution in [3.8, 4) is 17.2 Å². The Hall–Kier alpha value is -2.27. The molecule has 1 atom stereocenters. The summed E-state index contributed by atoms with van der Waals surface area (Å²) in [6.07, 6.45) is 0. The maximum atomic E-state index is 13.5. The monoisotopic (exact) mass is 291 g/mol. The highest BCUT2D eigenvalue weighted by molar-refractivity contribution is 5.46. The molecule has 0 aliphatic carbocycles. The van der Waals surface area contributed by atoms with Gasteiger partial charge in [0.25, 0.3) is 0 Å². The number of halogens is 1. The van der Waals surface area contributed by atoms with Crippen LogP contribution in [0.1, 0.15) is 17.2 Å². The number of hydrogen-bond acceptors (Lipinski definition) is 4. The lowest BCUT2D eigenvalue weighted by Crippen LogP contribution is -2.12. The van der Waals surface area contributed by atoms with Gasteiger partial charge >= 0.3 is 0 Å². The van der Waals surface area contributed by atoms with Gasteiger partial charge in [-0.25, -0.2) is 4.39 Å². The minimum atomic E-state index is -0.417. The van der Waals surface area contributed by atoms with E-state index in [0.717, 1.165) is 11.1 Å². The fraction of sp³-hybridized carbons (Fsp3) is 0.250. The minimum absolute atomic E-state index is 0.170. The summed E-state index contributed by atoms with van der Waals surface area (Å²) in [5, 5.41) is 0. The van der Waals surface area contributed by atoms with Gasteiger partial charge in [0.05, 0.1) is 27.4 Å². The Morgan fingerprint density at radius 1 is 0.810 bits per heavy atom. The molecule has 2 aromatic rings. The molecule has 0 radical (unpaired) electrons. The van der Waals surface area contributed by atoms with Crippen LogP contribution in [0.2, 0.25) is 0 Å². The third kappa shape index (κ3) is 3.08. The van der Waals surface area contributed by atoms with Crippen molar-refractivity contribution in [2.45, 2.75) is 6.04 Å². The normalized spacial score (nSPS) is 11.9. The molecule has 0 spiro atoms. The molecular formula is C16H18FNO3. The first-order chi connectivity index (χ1) is 10.1. The lowest BCUT2D eigenvalue weighted by molar-refractivity contribution is 0.354. The highest BCUT2D eigenvalue weighted by Crippen LogP contribution is 2.32. The Bertz CT molecular complexity index is 631. The van der Waals surface area contributed by atoms with Gasteiger partial charge in [0.15, 0.2) is 23.1 Å². The van der Waals surface area contributed by atoms with E-state index < -0.39 is 11.9 Å². The first-order valence-electron chi connectivity index (χ1n) is 6.41. The molecule has 0 amide bonds. The quantitative estimate of drug-likeness (QED) is 0.920. The lowest BCUT2D eigenvalue weighted by atomic mass is 9.99. The van der Waals surface area contributed by atoms with Crippen LogP contribution < -0.4 is 19.9 Å². The van der Waals surface area contributed by atoms with Gasteiger partial charge in [-0.05, 0) is 35.4 Å². The Labute approximate surface area is 123 Å². The van der Waals surface area contributed by atoms with Crippen molar-refractivity contribution in [1.82, 2.24) is 0 Å². The van der Waals surface area contributed by atoms with E-state index in [1.165, 1.54) is 13.2 Å². The summed E-state index contributed by atoms with van der Waals surface area (Å²) in [7, 11) is 4.56. The third-order valence-corrected chi connectivity index (χ3v) is 3.30. The van der Waals surface area contributed by atoms with Crippen molar-refractivity contribution in [3.05, 3.63) is 53.3 Å². The molecule has 0 aliphatic heterocycles. The number of nitrogens with two attached hydrogens (primary N) is 1. The van der Waals surface area contributed by atoms with Crippen molar-refractivity contribution in [3.63, 3.8) is 0 Å². The van der Waals surface area contributed by atoms with Crippen molar-refractivity contribution in [1.29, 1.82) is 0 Å². The van der Waals surface area contributed by atoms with Crippen LogP contribution in [0.5, 0.6) is 17.2 Å². The van der Waals surface area contributed by atoms with Crippen LogP contribution in [0, 0.1) is 5.82 Å². The van der Waals surface area contributed by atoms with Gasteiger partial charge in [-0.3, -0.25) is 0 Å². The first-order valence-corrected chi connectivity index (χ1v) is 6.41. The standard InChI is InChI=1S/C16H18FNO3/c1-19-13-7-5-11(9-15(13)21-3)16(18)10-4-6-12(17)14(8-10)20-2/h4-9,16H,18H2,1-3H3. The van der Waals surface area contributed by atoms with Gasteiger partial charge in [0.1, 0.15) is 0 Å². The Balaban J connectivity index is 2.37. The molecule has 0 saturated heterocycles. The summed E-state index contributed by atoms with van der Waals surface area (Å²) in [4.78, 5) is 0. The number of methoxy groups -OCH3 is 3. The Kier molecular flexibility index (Phi) is 4.65. The summed E-state index contributed by atoms with van der Waals surface area (Å²) in [6.45, 7) is 0. The van der Waals surface area contributed by atoms with E-state index in [-0.39, 0.29) is 5.75 Å². The van der Waals surface area contributed by atoms with Crippen LogP contribution in [-0.4, -0.2) is 21.3 Å². The van der Waals surface area contributed by atoms with Crippen molar-refractivity contribution in [2.24, 2.45) is 5.73 Å². The zero-order valence-electron chi connectivity index (χ0n) is 12.2. The smallest absolute Gasteiger partial charge is 0.165 e. The van der Waals surface area contributed by atoms with Crippen LogP contribution in [0.3, 0.4) is 0 Å². The van der Waals surface area contributed by atoms with E-state index in [0.29, 0.717) is 11.5 Å². The van der Waals surface area contributed by atoms with E-state index in [1.807, 2.05) is 6.07 Å². The fourth-order valence-corrected chi connectivity index (χ4v) is 2.11. The zero-order chi connectivity index (χ0) is 15.4. The number of rotatable bonds is 5. The molecule has 0 bridgehead atoms. The Morgan fingerprint density at radius 2 is 1.33 bits per heavy atom. The highest BCUT2D eigenvalue weighted by atomic mass is 19.1. The summed E-state index contributed by atoms with van der Waals surface area (Å²) in [5.41, 5.74) is 7.82. The second kappa shape index (κ2) is 6.45. The predicted molar refractivity (Wildman–Crippen MR) is 78.5 cm³/mol. The van der Waals surface area contributed by atoms with E-state index in [9.17, 15) is 4.39 Å². The van der Waals surface area contributed by atoms with Gasteiger partial charge in [-0.2, -0.15) is 0 Å². The van der Waals surface area contributed by atoms with Gasteiger partial charge < -0.3 is 19.9 Å². The number of ether oxygens (including phenoxy) is 3. The molecule has 0 aliphatic rings. The predicted octanol–water partition coefficient (Wildman–Crippen LogP) is 2.90. The summed E-state index contributed by atoms with van der Waals surface area (Å²) >= 11 is 0. The van der Waals surface area contributed by atoms with E-state index in [4.69, 9.17) is 19.9 Å². The fourth-order valence-electron chi connectivity index (χ4n) is 2.11. The van der Waals surface area contributed by atoms with E-state index in [2.05, 4.69) is 0 Å².